The molecule has 1 aromatic heterocycles. The number of amides is 1. The zero-order valence-corrected chi connectivity index (χ0v) is 14.9. The van der Waals surface area contributed by atoms with Gasteiger partial charge in [0.05, 0.1) is 17.2 Å². The molecule has 3 aromatic rings. The van der Waals surface area contributed by atoms with Gasteiger partial charge >= 0.3 is 0 Å². The van der Waals surface area contributed by atoms with E-state index in [9.17, 15) is 4.79 Å². The van der Waals surface area contributed by atoms with Gasteiger partial charge in [-0.2, -0.15) is 0 Å². The lowest BCUT2D eigenvalue weighted by molar-refractivity contribution is -0.117. The zero-order chi connectivity index (χ0) is 18.1. The van der Waals surface area contributed by atoms with Crippen molar-refractivity contribution >= 4 is 28.8 Å². The van der Waals surface area contributed by atoms with Crippen molar-refractivity contribution in [3.63, 3.8) is 0 Å². The molecule has 4 rings (SSSR count). The summed E-state index contributed by atoms with van der Waals surface area (Å²) in [6.45, 7) is 6.46. The molecule has 1 amide bonds. The summed E-state index contributed by atoms with van der Waals surface area (Å²) in [6.07, 6.45) is 3.26. The van der Waals surface area contributed by atoms with Crippen molar-refractivity contribution < 1.29 is 4.79 Å². The number of nitrogens with zero attached hydrogens (tertiary/aromatic N) is 3. The van der Waals surface area contributed by atoms with Crippen LogP contribution in [0.5, 0.6) is 0 Å². The van der Waals surface area contributed by atoms with Crippen LogP contribution in [0.4, 0.5) is 5.69 Å². The standard InChI is InChI=1S/C22H21N3O/c1-3-13-24-20-8-6-5-7-19(20)23-22(24)17-14-21(26)25(15-17)18-11-9-16(4-2)10-12-18/h5-13,17H,1,4,14-15H2,2H3/t17-/m0/s1. The van der Waals surface area contributed by atoms with Crippen molar-refractivity contribution in [3.05, 3.63) is 72.2 Å². The maximum Gasteiger partial charge on any atom is 0.227 e. The average Bonchev–Trinajstić information content (AvgIpc) is 3.23. The predicted octanol–water partition coefficient (Wildman–Crippen LogP) is 4.37. The van der Waals surface area contributed by atoms with E-state index in [1.54, 1.807) is 6.20 Å². The summed E-state index contributed by atoms with van der Waals surface area (Å²) < 4.78 is 2.00. The molecule has 1 aliphatic heterocycles. The first-order chi connectivity index (χ1) is 12.7. The quantitative estimate of drug-likeness (QED) is 0.660. The van der Waals surface area contributed by atoms with Crippen molar-refractivity contribution in [1.82, 2.24) is 9.55 Å². The Kier molecular flexibility index (Phi) is 4.19. The number of aromatic nitrogens is 2. The third-order valence-electron chi connectivity index (χ3n) is 4.99. The highest BCUT2D eigenvalue weighted by atomic mass is 16.2. The van der Waals surface area contributed by atoms with Gasteiger partial charge in [0.2, 0.25) is 5.91 Å². The molecule has 4 heteroatoms. The Bertz CT molecular complexity index is 1010. The van der Waals surface area contributed by atoms with Crippen LogP contribution in [0.1, 0.15) is 30.7 Å². The summed E-state index contributed by atoms with van der Waals surface area (Å²) in [6, 6.07) is 16.2. The summed E-state index contributed by atoms with van der Waals surface area (Å²) in [5, 5.41) is 0. The number of imidazole rings is 1. The van der Waals surface area contributed by atoms with Crippen molar-refractivity contribution in [2.45, 2.75) is 25.7 Å². The van der Waals surface area contributed by atoms with E-state index < -0.39 is 0 Å². The highest BCUT2D eigenvalue weighted by molar-refractivity contribution is 5.96. The van der Waals surface area contributed by atoms with Crippen LogP contribution in [0, 0.1) is 0 Å². The number of para-hydroxylation sites is 2. The van der Waals surface area contributed by atoms with E-state index in [-0.39, 0.29) is 11.8 Å². The smallest absolute Gasteiger partial charge is 0.227 e. The number of rotatable bonds is 4. The fraction of sp³-hybridized carbons (Fsp3) is 0.227. The highest BCUT2D eigenvalue weighted by Gasteiger charge is 2.34. The minimum atomic E-state index is 0.0466. The van der Waals surface area contributed by atoms with Crippen LogP contribution < -0.4 is 4.90 Å². The maximum absolute atomic E-state index is 12.6. The Hall–Kier alpha value is -3.10. The lowest BCUT2D eigenvalue weighted by Crippen LogP contribution is -2.24. The molecule has 0 bridgehead atoms. The first-order valence-corrected chi connectivity index (χ1v) is 8.93. The van der Waals surface area contributed by atoms with Crippen LogP contribution in [-0.4, -0.2) is 22.0 Å². The van der Waals surface area contributed by atoms with E-state index in [0.29, 0.717) is 13.0 Å². The molecule has 0 saturated carbocycles. The van der Waals surface area contributed by atoms with E-state index >= 15 is 0 Å². The molecule has 2 aromatic carbocycles. The van der Waals surface area contributed by atoms with E-state index in [0.717, 1.165) is 29.0 Å². The van der Waals surface area contributed by atoms with E-state index in [2.05, 4.69) is 31.4 Å². The van der Waals surface area contributed by atoms with Gasteiger partial charge in [-0.1, -0.05) is 37.8 Å². The molecule has 1 atom stereocenters. The second-order valence-electron chi connectivity index (χ2n) is 6.59. The monoisotopic (exact) mass is 343 g/mol. The van der Waals surface area contributed by atoms with Crippen LogP contribution >= 0.6 is 0 Å². The lowest BCUT2D eigenvalue weighted by atomic mass is 10.1. The van der Waals surface area contributed by atoms with Gasteiger partial charge < -0.3 is 4.90 Å². The second kappa shape index (κ2) is 6.66. The minimum Gasteiger partial charge on any atom is -0.312 e. The number of anilines is 1. The molecule has 2 heterocycles. The SMILES string of the molecule is C=C=Cn1c([C@H]2CC(=O)N(c3ccc(CC)cc3)C2)nc2ccccc21. The maximum atomic E-state index is 12.6. The lowest BCUT2D eigenvalue weighted by Gasteiger charge is -2.17. The number of aryl methyl sites for hydroxylation is 1. The molecule has 0 aliphatic carbocycles. The molecule has 4 nitrogen and oxygen atoms in total. The third-order valence-corrected chi connectivity index (χ3v) is 4.99. The fourth-order valence-electron chi connectivity index (χ4n) is 3.62. The van der Waals surface area contributed by atoms with Crippen LogP contribution in [0.2, 0.25) is 0 Å². The first-order valence-electron chi connectivity index (χ1n) is 8.93. The Morgan fingerprint density at radius 3 is 2.73 bits per heavy atom. The van der Waals surface area contributed by atoms with Gasteiger partial charge in [-0.15, -0.1) is 5.73 Å². The largest absolute Gasteiger partial charge is 0.312 e. The number of fused-ring (bicyclic) bond motifs is 1. The summed E-state index contributed by atoms with van der Waals surface area (Å²) in [5.41, 5.74) is 7.00. The second-order valence-corrected chi connectivity index (χ2v) is 6.59. The zero-order valence-electron chi connectivity index (χ0n) is 14.9. The fourth-order valence-corrected chi connectivity index (χ4v) is 3.62. The molecule has 0 spiro atoms. The normalized spacial score (nSPS) is 16.9. The van der Waals surface area contributed by atoms with Gasteiger partial charge in [0, 0.05) is 24.6 Å². The Morgan fingerprint density at radius 2 is 2.00 bits per heavy atom. The molecule has 1 aliphatic rings. The number of hydrogen-bond donors (Lipinski definition) is 0. The minimum absolute atomic E-state index is 0.0466. The molecule has 1 saturated heterocycles. The molecule has 0 N–H and O–H groups in total. The molecular formula is C22H21N3O. The van der Waals surface area contributed by atoms with Crippen LogP contribution in [-0.2, 0) is 11.2 Å². The molecule has 0 unspecified atom stereocenters. The van der Waals surface area contributed by atoms with E-state index in [4.69, 9.17) is 4.98 Å². The summed E-state index contributed by atoms with van der Waals surface area (Å²) in [7, 11) is 0. The number of hydrogen-bond acceptors (Lipinski definition) is 2. The van der Waals surface area contributed by atoms with Gasteiger partial charge in [-0.25, -0.2) is 4.98 Å². The Balaban J connectivity index is 1.69. The molecule has 0 radical (unpaired) electrons. The average molecular weight is 343 g/mol. The van der Waals surface area contributed by atoms with Crippen molar-refractivity contribution in [2.24, 2.45) is 0 Å². The van der Waals surface area contributed by atoms with Crippen molar-refractivity contribution in [1.29, 1.82) is 0 Å². The van der Waals surface area contributed by atoms with Gasteiger partial charge in [0.15, 0.2) is 0 Å². The molecule has 1 fully saturated rings. The first kappa shape index (κ1) is 16.4. The van der Waals surface area contributed by atoms with E-state index in [1.165, 1.54) is 5.56 Å². The molecular weight excluding hydrogens is 322 g/mol. The van der Waals surface area contributed by atoms with Crippen LogP contribution in [0.25, 0.3) is 17.2 Å². The molecule has 26 heavy (non-hydrogen) atoms. The number of benzene rings is 2. The van der Waals surface area contributed by atoms with Crippen molar-refractivity contribution in [2.75, 3.05) is 11.4 Å². The van der Waals surface area contributed by atoms with Crippen molar-refractivity contribution in [3.8, 4) is 0 Å². The highest BCUT2D eigenvalue weighted by Crippen LogP contribution is 2.33. The van der Waals surface area contributed by atoms with Gasteiger partial charge in [-0.3, -0.25) is 9.36 Å². The van der Waals surface area contributed by atoms with Crippen LogP contribution in [0.3, 0.4) is 0 Å². The summed E-state index contributed by atoms with van der Waals surface area (Å²) in [5.74, 6) is 1.08. The Labute approximate surface area is 153 Å². The summed E-state index contributed by atoms with van der Waals surface area (Å²) in [4.78, 5) is 19.3. The van der Waals surface area contributed by atoms with E-state index in [1.807, 2.05) is 45.9 Å². The molecule has 130 valence electrons. The third kappa shape index (κ3) is 2.75. The number of carbonyl (C=O) groups is 1. The Morgan fingerprint density at radius 1 is 1.23 bits per heavy atom. The predicted molar refractivity (Wildman–Crippen MR) is 105 cm³/mol. The van der Waals surface area contributed by atoms with Crippen LogP contribution in [0.15, 0.2) is 60.8 Å². The topological polar surface area (TPSA) is 38.1 Å². The van der Waals surface area contributed by atoms with Gasteiger partial charge in [-0.05, 0) is 36.2 Å². The summed E-state index contributed by atoms with van der Waals surface area (Å²) >= 11 is 0. The van der Waals surface area contributed by atoms with Gasteiger partial charge in [0.1, 0.15) is 5.82 Å². The number of carbonyl (C=O) groups excluding carboxylic acids is 1. The van der Waals surface area contributed by atoms with Gasteiger partial charge in [0.25, 0.3) is 0 Å².